The van der Waals surface area contributed by atoms with Gasteiger partial charge in [-0.3, -0.25) is 9.59 Å². The second-order valence-electron chi connectivity index (χ2n) is 6.88. The Morgan fingerprint density at radius 1 is 1.17 bits per heavy atom. The summed E-state index contributed by atoms with van der Waals surface area (Å²) < 4.78 is 7.11. The van der Waals surface area contributed by atoms with Crippen molar-refractivity contribution in [3.63, 3.8) is 0 Å². The lowest BCUT2D eigenvalue weighted by Gasteiger charge is -2.12. The maximum atomic E-state index is 12.3. The van der Waals surface area contributed by atoms with Crippen LogP contribution >= 0.6 is 0 Å². The zero-order valence-electron chi connectivity index (χ0n) is 17.0. The van der Waals surface area contributed by atoms with Crippen molar-refractivity contribution in [2.45, 2.75) is 26.7 Å². The average molecular weight is 396 g/mol. The lowest BCUT2D eigenvalue weighted by Crippen LogP contribution is -2.27. The third kappa shape index (κ3) is 4.87. The van der Waals surface area contributed by atoms with Crippen LogP contribution in [-0.4, -0.2) is 57.0 Å². The number of aromatic nitrogens is 4. The molecule has 2 aromatic heterocycles. The van der Waals surface area contributed by atoms with Crippen LogP contribution < -0.4 is 10.1 Å². The molecule has 0 aliphatic carbocycles. The molecule has 0 aliphatic heterocycles. The van der Waals surface area contributed by atoms with Gasteiger partial charge in [0.15, 0.2) is 6.61 Å². The number of ether oxygens (including phenoxy) is 1. The Kier molecular flexibility index (Phi) is 6.06. The van der Waals surface area contributed by atoms with E-state index in [1.165, 1.54) is 11.2 Å². The highest BCUT2D eigenvalue weighted by Crippen LogP contribution is 2.18. The number of fused-ring (bicyclic) bond motifs is 1. The lowest BCUT2D eigenvalue weighted by atomic mass is 10.1. The van der Waals surface area contributed by atoms with E-state index in [4.69, 9.17) is 4.74 Å². The molecule has 0 aliphatic rings. The van der Waals surface area contributed by atoms with Crippen molar-refractivity contribution in [2.75, 3.05) is 26.0 Å². The molecule has 29 heavy (non-hydrogen) atoms. The predicted octanol–water partition coefficient (Wildman–Crippen LogP) is 1.78. The molecule has 0 bridgehead atoms. The van der Waals surface area contributed by atoms with Gasteiger partial charge in [-0.2, -0.15) is 10.1 Å². The molecule has 0 radical (unpaired) electrons. The number of nitrogens with zero attached hydrogens (tertiary/aromatic N) is 5. The fraction of sp³-hybridized carbons (Fsp3) is 0.350. The Labute approximate surface area is 168 Å². The summed E-state index contributed by atoms with van der Waals surface area (Å²) in [6.07, 6.45) is 2.34. The van der Waals surface area contributed by atoms with Crippen LogP contribution in [-0.2, 0) is 16.0 Å². The lowest BCUT2D eigenvalue weighted by molar-refractivity contribution is -0.130. The van der Waals surface area contributed by atoms with Gasteiger partial charge >= 0.3 is 0 Å². The monoisotopic (exact) mass is 396 g/mol. The van der Waals surface area contributed by atoms with Crippen molar-refractivity contribution in [1.82, 2.24) is 24.5 Å². The molecule has 0 fully saturated rings. The molecule has 0 spiro atoms. The van der Waals surface area contributed by atoms with Gasteiger partial charge < -0.3 is 15.0 Å². The number of hydrogen-bond acceptors (Lipinski definition) is 6. The van der Waals surface area contributed by atoms with E-state index in [9.17, 15) is 9.59 Å². The fourth-order valence-corrected chi connectivity index (χ4v) is 2.89. The number of nitrogens with one attached hydrogen (secondary N) is 1. The van der Waals surface area contributed by atoms with E-state index in [0.29, 0.717) is 30.1 Å². The highest BCUT2D eigenvalue weighted by Gasteiger charge is 2.13. The molecule has 0 saturated heterocycles. The third-order valence-electron chi connectivity index (χ3n) is 4.59. The first-order valence-corrected chi connectivity index (χ1v) is 9.24. The molecule has 9 heteroatoms. The topological polar surface area (TPSA) is 102 Å². The van der Waals surface area contributed by atoms with E-state index in [1.807, 2.05) is 13.8 Å². The number of rotatable bonds is 7. The summed E-state index contributed by atoms with van der Waals surface area (Å²) in [4.78, 5) is 33.9. The molecule has 0 unspecified atom stereocenters. The van der Waals surface area contributed by atoms with E-state index in [0.717, 1.165) is 17.0 Å². The molecule has 152 valence electrons. The SMILES string of the molecule is Cc1nc2ncnn2c(C)c1CCC(=O)Nc1ccc(OCC(=O)N(C)C)cc1. The molecule has 3 aromatic rings. The van der Waals surface area contributed by atoms with E-state index < -0.39 is 0 Å². The standard InChI is InChI=1S/C20H24N6O3/c1-13-17(14(2)26-20(23-13)21-12-22-26)9-10-18(27)24-15-5-7-16(8-6-15)29-11-19(28)25(3)4/h5-8,12H,9-11H2,1-4H3,(H,24,27). The Morgan fingerprint density at radius 3 is 2.59 bits per heavy atom. The summed E-state index contributed by atoms with van der Waals surface area (Å²) in [6, 6.07) is 6.92. The fourth-order valence-electron chi connectivity index (χ4n) is 2.89. The molecular weight excluding hydrogens is 372 g/mol. The molecule has 1 aromatic carbocycles. The smallest absolute Gasteiger partial charge is 0.259 e. The van der Waals surface area contributed by atoms with E-state index in [1.54, 1.807) is 42.9 Å². The van der Waals surface area contributed by atoms with Crippen molar-refractivity contribution >= 4 is 23.3 Å². The number of aryl methyl sites for hydroxylation is 2. The second-order valence-corrected chi connectivity index (χ2v) is 6.88. The number of carbonyl (C=O) groups excluding carboxylic acids is 2. The number of benzene rings is 1. The Balaban J connectivity index is 1.55. The Hall–Kier alpha value is -3.49. The first-order valence-electron chi connectivity index (χ1n) is 9.24. The normalized spacial score (nSPS) is 10.8. The van der Waals surface area contributed by atoms with Crippen molar-refractivity contribution in [1.29, 1.82) is 0 Å². The minimum absolute atomic E-state index is 0.0262. The van der Waals surface area contributed by atoms with E-state index >= 15 is 0 Å². The minimum atomic E-state index is -0.119. The number of anilines is 1. The number of amides is 2. The first-order chi connectivity index (χ1) is 13.8. The van der Waals surface area contributed by atoms with Crippen LogP contribution in [0.3, 0.4) is 0 Å². The van der Waals surface area contributed by atoms with Crippen LogP contribution in [0.2, 0.25) is 0 Å². The highest BCUT2D eigenvalue weighted by molar-refractivity contribution is 5.90. The summed E-state index contributed by atoms with van der Waals surface area (Å²) in [5, 5.41) is 7.03. The predicted molar refractivity (Wildman–Crippen MR) is 108 cm³/mol. The van der Waals surface area contributed by atoms with Gasteiger partial charge in [0.25, 0.3) is 11.7 Å². The molecule has 2 amide bonds. The number of likely N-dealkylation sites (N-methyl/N-ethyl adjacent to an activating group) is 1. The van der Waals surface area contributed by atoms with Gasteiger partial charge in [-0.15, -0.1) is 0 Å². The molecule has 0 atom stereocenters. The zero-order valence-corrected chi connectivity index (χ0v) is 17.0. The summed E-state index contributed by atoms with van der Waals surface area (Å²) in [7, 11) is 3.35. The number of carbonyl (C=O) groups is 2. The van der Waals surface area contributed by atoms with Gasteiger partial charge in [0.05, 0.1) is 0 Å². The molecular formula is C20H24N6O3. The van der Waals surface area contributed by atoms with E-state index in [-0.39, 0.29) is 18.4 Å². The zero-order chi connectivity index (χ0) is 21.0. The summed E-state index contributed by atoms with van der Waals surface area (Å²) >= 11 is 0. The Morgan fingerprint density at radius 2 is 1.90 bits per heavy atom. The van der Waals surface area contributed by atoms with Crippen LogP contribution in [0, 0.1) is 13.8 Å². The van der Waals surface area contributed by atoms with Crippen molar-refractivity contribution in [2.24, 2.45) is 0 Å². The molecule has 9 nitrogen and oxygen atoms in total. The van der Waals surface area contributed by atoms with Crippen molar-refractivity contribution in [3.05, 3.63) is 47.5 Å². The molecule has 3 rings (SSSR count). The van der Waals surface area contributed by atoms with Gasteiger partial charge in [-0.25, -0.2) is 9.50 Å². The minimum Gasteiger partial charge on any atom is -0.484 e. The van der Waals surface area contributed by atoms with Crippen LogP contribution in [0.5, 0.6) is 5.75 Å². The molecule has 0 saturated carbocycles. The Bertz CT molecular complexity index is 1030. The van der Waals surface area contributed by atoms with Gasteiger partial charge in [-0.05, 0) is 50.1 Å². The van der Waals surface area contributed by atoms with Crippen LogP contribution in [0.15, 0.2) is 30.6 Å². The third-order valence-corrected chi connectivity index (χ3v) is 4.59. The first kappa shape index (κ1) is 20.2. The van der Waals surface area contributed by atoms with Gasteiger partial charge in [-0.1, -0.05) is 0 Å². The van der Waals surface area contributed by atoms with Gasteiger partial charge in [0, 0.05) is 37.6 Å². The highest BCUT2D eigenvalue weighted by atomic mass is 16.5. The maximum absolute atomic E-state index is 12.3. The summed E-state index contributed by atoms with van der Waals surface area (Å²) in [6.45, 7) is 3.83. The summed E-state index contributed by atoms with van der Waals surface area (Å²) in [5.41, 5.74) is 3.45. The van der Waals surface area contributed by atoms with Crippen LogP contribution in [0.25, 0.3) is 5.78 Å². The second kappa shape index (κ2) is 8.68. The van der Waals surface area contributed by atoms with Gasteiger partial charge in [0.1, 0.15) is 12.1 Å². The average Bonchev–Trinajstić information content (AvgIpc) is 3.15. The van der Waals surface area contributed by atoms with Crippen LogP contribution in [0.1, 0.15) is 23.4 Å². The largest absolute Gasteiger partial charge is 0.484 e. The van der Waals surface area contributed by atoms with Crippen molar-refractivity contribution in [3.8, 4) is 5.75 Å². The maximum Gasteiger partial charge on any atom is 0.259 e. The van der Waals surface area contributed by atoms with E-state index in [2.05, 4.69) is 20.4 Å². The van der Waals surface area contributed by atoms with Crippen molar-refractivity contribution < 1.29 is 14.3 Å². The molecule has 2 heterocycles. The summed E-state index contributed by atoms with van der Waals surface area (Å²) in [5.74, 6) is 0.907. The van der Waals surface area contributed by atoms with Gasteiger partial charge in [0.2, 0.25) is 5.91 Å². The van der Waals surface area contributed by atoms with Crippen LogP contribution in [0.4, 0.5) is 5.69 Å². The number of hydrogen-bond donors (Lipinski definition) is 1. The molecule has 1 N–H and O–H groups in total. The quantitative estimate of drug-likeness (QED) is 0.653.